The molecule has 1 unspecified atom stereocenters. The quantitative estimate of drug-likeness (QED) is 0.312. The minimum Gasteiger partial charge on any atom is -0.493 e. The number of fused-ring (bicyclic) bond motifs is 1. The van der Waals surface area contributed by atoms with Crippen LogP contribution in [0, 0.1) is 11.8 Å². The molecule has 38 heavy (non-hydrogen) atoms. The monoisotopic (exact) mass is 526 g/mol. The van der Waals surface area contributed by atoms with E-state index in [4.69, 9.17) is 14.2 Å². The van der Waals surface area contributed by atoms with Crippen LogP contribution in [0.4, 0.5) is 0 Å². The molecule has 0 saturated carbocycles. The van der Waals surface area contributed by atoms with E-state index in [1.54, 1.807) is 21.3 Å². The zero-order valence-electron chi connectivity index (χ0n) is 22.8. The smallest absolute Gasteiger partial charge is 0.475 e. The molecule has 1 aliphatic rings. The van der Waals surface area contributed by atoms with Crippen LogP contribution >= 0.6 is 0 Å². The van der Waals surface area contributed by atoms with E-state index in [2.05, 4.69) is 10.6 Å². The van der Waals surface area contributed by atoms with Gasteiger partial charge in [0.05, 0.1) is 27.3 Å². The first-order chi connectivity index (χ1) is 18.2. The minimum absolute atomic E-state index is 0.138. The Hall–Kier alpha value is -3.24. The van der Waals surface area contributed by atoms with Gasteiger partial charge < -0.3 is 34.9 Å². The van der Waals surface area contributed by atoms with E-state index >= 15 is 0 Å². The molecule has 3 rings (SSSR count). The summed E-state index contributed by atoms with van der Waals surface area (Å²) in [4.78, 5) is 26.8. The molecule has 2 aromatic rings. The fourth-order valence-electron chi connectivity index (χ4n) is 5.03. The molecule has 0 spiro atoms. The Morgan fingerprint density at radius 2 is 1.71 bits per heavy atom. The van der Waals surface area contributed by atoms with Crippen molar-refractivity contribution in [1.29, 1.82) is 0 Å². The highest BCUT2D eigenvalue weighted by Crippen LogP contribution is 2.45. The van der Waals surface area contributed by atoms with Crippen molar-refractivity contribution in [2.75, 3.05) is 21.3 Å². The van der Waals surface area contributed by atoms with Crippen molar-refractivity contribution >= 4 is 18.9 Å². The highest BCUT2D eigenvalue weighted by Gasteiger charge is 2.34. The lowest BCUT2D eigenvalue weighted by Gasteiger charge is -2.29. The highest BCUT2D eigenvalue weighted by atomic mass is 16.5. The summed E-state index contributed by atoms with van der Waals surface area (Å²) in [6.45, 7) is 3.87. The molecule has 0 aliphatic heterocycles. The lowest BCUT2D eigenvalue weighted by molar-refractivity contribution is -0.131. The van der Waals surface area contributed by atoms with Crippen molar-refractivity contribution in [3.63, 3.8) is 0 Å². The highest BCUT2D eigenvalue weighted by molar-refractivity contribution is 6.43. The van der Waals surface area contributed by atoms with Crippen LogP contribution in [0.1, 0.15) is 43.4 Å². The van der Waals surface area contributed by atoms with Crippen molar-refractivity contribution in [1.82, 2.24) is 10.6 Å². The molecule has 0 bridgehead atoms. The third kappa shape index (κ3) is 7.20. The van der Waals surface area contributed by atoms with E-state index in [9.17, 15) is 19.6 Å². The number of hydrogen-bond acceptors (Lipinski definition) is 7. The van der Waals surface area contributed by atoms with Crippen LogP contribution in [0.2, 0.25) is 0 Å². The summed E-state index contributed by atoms with van der Waals surface area (Å²) in [5.74, 6) is -0.0708. The first kappa shape index (κ1) is 29.3. The summed E-state index contributed by atoms with van der Waals surface area (Å²) >= 11 is 0. The average molecular weight is 526 g/mol. The third-order valence-corrected chi connectivity index (χ3v) is 6.93. The summed E-state index contributed by atoms with van der Waals surface area (Å²) in [6.07, 6.45) is 2.32. The molecular weight excluding hydrogens is 487 g/mol. The second-order valence-corrected chi connectivity index (χ2v) is 10.1. The Morgan fingerprint density at radius 1 is 1.03 bits per heavy atom. The normalized spacial score (nSPS) is 16.2. The van der Waals surface area contributed by atoms with Crippen LogP contribution in [0.15, 0.2) is 36.4 Å². The standard InChI is InChI=1S/C28H39BN2O7/c1-17(2)13-24(29(34)35)31-28(33)22(14-18-9-7-6-8-10-18)30-27(32)19-11-12-21-20(15-19)16-23(36-3)26(38-5)25(21)37-4/h6-10,16-17,19,22,24,34-35H,11-15H2,1-5H3,(H,30,32)(H,31,33)/t19?,22-,24-/m0/s1. The molecule has 0 heterocycles. The van der Waals surface area contributed by atoms with Gasteiger partial charge in [0.15, 0.2) is 11.5 Å². The predicted octanol–water partition coefficient (Wildman–Crippen LogP) is 2.09. The van der Waals surface area contributed by atoms with Crippen molar-refractivity contribution in [2.24, 2.45) is 11.8 Å². The summed E-state index contributed by atoms with van der Waals surface area (Å²) in [5, 5.41) is 25.3. The second-order valence-electron chi connectivity index (χ2n) is 10.1. The molecule has 10 heteroatoms. The summed E-state index contributed by atoms with van der Waals surface area (Å²) < 4.78 is 16.6. The number of carbonyl (C=O) groups excluding carboxylic acids is 2. The van der Waals surface area contributed by atoms with E-state index < -0.39 is 25.0 Å². The van der Waals surface area contributed by atoms with Gasteiger partial charge in [0.1, 0.15) is 6.04 Å². The molecule has 2 aromatic carbocycles. The van der Waals surface area contributed by atoms with E-state index in [1.165, 1.54) is 0 Å². The van der Waals surface area contributed by atoms with Gasteiger partial charge in [-0.25, -0.2) is 0 Å². The molecule has 0 saturated heterocycles. The Kier molecular flexibility index (Phi) is 10.4. The van der Waals surface area contributed by atoms with Crippen LogP contribution in [0.5, 0.6) is 17.2 Å². The maximum Gasteiger partial charge on any atom is 0.475 e. The lowest BCUT2D eigenvalue weighted by Crippen LogP contribution is -2.55. The minimum atomic E-state index is -1.70. The fourth-order valence-corrected chi connectivity index (χ4v) is 5.03. The van der Waals surface area contributed by atoms with Gasteiger partial charge in [-0.3, -0.25) is 9.59 Å². The molecule has 0 fully saturated rings. The molecule has 3 atom stereocenters. The number of hydrogen-bond donors (Lipinski definition) is 4. The van der Waals surface area contributed by atoms with Crippen LogP contribution in [-0.4, -0.2) is 62.3 Å². The van der Waals surface area contributed by atoms with Gasteiger partial charge in [0, 0.05) is 17.9 Å². The van der Waals surface area contributed by atoms with Crippen LogP contribution < -0.4 is 24.8 Å². The van der Waals surface area contributed by atoms with Crippen molar-refractivity contribution < 1.29 is 33.8 Å². The number of methoxy groups -OCH3 is 3. The van der Waals surface area contributed by atoms with E-state index in [0.29, 0.717) is 42.9 Å². The zero-order valence-corrected chi connectivity index (χ0v) is 22.8. The van der Waals surface area contributed by atoms with Crippen molar-refractivity contribution in [3.05, 3.63) is 53.1 Å². The van der Waals surface area contributed by atoms with Crippen LogP contribution in [0.25, 0.3) is 0 Å². The number of ether oxygens (including phenoxy) is 3. The lowest BCUT2D eigenvalue weighted by atomic mass is 9.75. The Bertz CT molecular complexity index is 1090. The third-order valence-electron chi connectivity index (χ3n) is 6.93. The topological polar surface area (TPSA) is 126 Å². The molecule has 9 nitrogen and oxygen atoms in total. The predicted molar refractivity (Wildman–Crippen MR) is 145 cm³/mol. The summed E-state index contributed by atoms with van der Waals surface area (Å²) in [7, 11) is 3.00. The van der Waals surface area contributed by atoms with Crippen LogP contribution in [0.3, 0.4) is 0 Å². The van der Waals surface area contributed by atoms with E-state index in [1.807, 2.05) is 50.2 Å². The van der Waals surface area contributed by atoms with Crippen LogP contribution in [-0.2, 0) is 28.9 Å². The zero-order chi connectivity index (χ0) is 27.8. The number of nitrogens with one attached hydrogen (secondary N) is 2. The Balaban J connectivity index is 1.81. The first-order valence-corrected chi connectivity index (χ1v) is 13.0. The molecular formula is C28H39BN2O7. The summed E-state index contributed by atoms with van der Waals surface area (Å²) in [6, 6.07) is 10.4. The molecule has 0 radical (unpaired) electrons. The maximum atomic E-state index is 13.5. The number of rotatable bonds is 12. The van der Waals surface area contributed by atoms with Crippen molar-refractivity contribution in [2.45, 2.75) is 57.9 Å². The van der Waals surface area contributed by atoms with E-state index in [-0.39, 0.29) is 24.2 Å². The van der Waals surface area contributed by atoms with Gasteiger partial charge in [0.25, 0.3) is 0 Å². The first-order valence-electron chi connectivity index (χ1n) is 13.0. The number of carbonyl (C=O) groups is 2. The fraction of sp³-hybridized carbons (Fsp3) is 0.500. The molecule has 206 valence electrons. The van der Waals surface area contributed by atoms with Gasteiger partial charge in [-0.15, -0.1) is 0 Å². The molecule has 4 N–H and O–H groups in total. The maximum absolute atomic E-state index is 13.5. The van der Waals surface area contributed by atoms with Gasteiger partial charge in [-0.2, -0.15) is 0 Å². The number of benzene rings is 2. The molecule has 0 aromatic heterocycles. The molecule has 1 aliphatic carbocycles. The Labute approximate surface area is 225 Å². The van der Waals surface area contributed by atoms with Crippen molar-refractivity contribution in [3.8, 4) is 17.2 Å². The van der Waals surface area contributed by atoms with Gasteiger partial charge in [-0.05, 0) is 48.8 Å². The largest absolute Gasteiger partial charge is 0.493 e. The van der Waals surface area contributed by atoms with E-state index in [0.717, 1.165) is 16.7 Å². The second kappa shape index (κ2) is 13.5. The number of amides is 2. The Morgan fingerprint density at radius 3 is 2.29 bits per heavy atom. The molecule has 2 amide bonds. The average Bonchev–Trinajstić information content (AvgIpc) is 2.90. The van der Waals surface area contributed by atoms with Gasteiger partial charge >= 0.3 is 7.12 Å². The van der Waals surface area contributed by atoms with Gasteiger partial charge in [-0.1, -0.05) is 44.2 Å². The van der Waals surface area contributed by atoms with Gasteiger partial charge in [0.2, 0.25) is 17.6 Å². The SMILES string of the molecule is COc1cc2c(c(OC)c1OC)CCC(C(=O)N[C@@H](Cc1ccccc1)C(=O)N[C@@H](CC(C)C)B(O)O)C2. The summed E-state index contributed by atoms with van der Waals surface area (Å²) in [5.41, 5.74) is 2.81.